The van der Waals surface area contributed by atoms with Crippen molar-refractivity contribution in [3.05, 3.63) is 64.2 Å². The van der Waals surface area contributed by atoms with E-state index in [0.29, 0.717) is 23.1 Å². The van der Waals surface area contributed by atoms with Crippen molar-refractivity contribution < 1.29 is 14.7 Å². The number of benzene rings is 2. The van der Waals surface area contributed by atoms with E-state index in [1.807, 2.05) is 45.2 Å². The lowest BCUT2D eigenvalue weighted by atomic mass is 10.0. The monoisotopic (exact) mass is 463 g/mol. The van der Waals surface area contributed by atoms with Crippen molar-refractivity contribution in [2.45, 2.75) is 52.1 Å². The Morgan fingerprint density at radius 2 is 1.94 bits per heavy atom. The number of anilines is 1. The molecule has 0 spiro atoms. The zero-order valence-corrected chi connectivity index (χ0v) is 19.5. The summed E-state index contributed by atoms with van der Waals surface area (Å²) in [7, 11) is 0. The second-order valence-corrected chi connectivity index (χ2v) is 8.67. The molecule has 2 unspecified atom stereocenters. The first-order valence-corrected chi connectivity index (χ1v) is 11.3. The van der Waals surface area contributed by atoms with Crippen LogP contribution in [0.1, 0.15) is 56.3 Å². The molecule has 34 heavy (non-hydrogen) atoms. The van der Waals surface area contributed by atoms with Gasteiger partial charge in [-0.1, -0.05) is 25.5 Å². The fourth-order valence-electron chi connectivity index (χ4n) is 4.91. The molecule has 4 rings (SSSR count). The molecule has 9 heteroatoms. The highest BCUT2D eigenvalue weighted by Gasteiger charge is 2.26. The van der Waals surface area contributed by atoms with Crippen LogP contribution in [0.2, 0.25) is 0 Å². The molecule has 0 bridgehead atoms. The molecule has 0 fully saturated rings. The van der Waals surface area contributed by atoms with Gasteiger partial charge in [0.15, 0.2) is 0 Å². The second-order valence-electron chi connectivity index (χ2n) is 8.67. The number of rotatable bonds is 8. The molecule has 9 nitrogen and oxygen atoms in total. The molecule has 4 aromatic rings. The van der Waals surface area contributed by atoms with Crippen LogP contribution in [0.5, 0.6) is 0 Å². The number of aliphatic carboxylic acids is 1. The van der Waals surface area contributed by atoms with E-state index in [0.717, 1.165) is 28.5 Å². The summed E-state index contributed by atoms with van der Waals surface area (Å²) in [6, 6.07) is 9.54. The Bertz CT molecular complexity index is 1450. The number of carbonyl (C=O) groups excluding carboxylic acids is 1. The molecule has 0 aliphatic heterocycles. The molecule has 2 amide bonds. The minimum Gasteiger partial charge on any atom is -0.481 e. The third-order valence-electron chi connectivity index (χ3n) is 6.35. The molecule has 2 atom stereocenters. The number of imidazole rings is 1. The molecule has 0 radical (unpaired) electrons. The van der Waals surface area contributed by atoms with Gasteiger partial charge >= 0.3 is 17.7 Å². The van der Waals surface area contributed by atoms with Gasteiger partial charge in [0.25, 0.3) is 0 Å². The van der Waals surface area contributed by atoms with E-state index in [-0.39, 0.29) is 18.2 Å². The van der Waals surface area contributed by atoms with E-state index >= 15 is 0 Å². The van der Waals surface area contributed by atoms with Crippen LogP contribution in [-0.2, 0) is 4.79 Å². The predicted molar refractivity (Wildman–Crippen MR) is 132 cm³/mol. The Kier molecular flexibility index (Phi) is 6.19. The summed E-state index contributed by atoms with van der Waals surface area (Å²) < 4.78 is 3.25. The summed E-state index contributed by atoms with van der Waals surface area (Å²) in [5, 5.41) is 13.1. The number of hydrogen-bond acceptors (Lipinski definition) is 3. The quantitative estimate of drug-likeness (QED) is 0.306. The van der Waals surface area contributed by atoms with Crippen LogP contribution in [0.25, 0.3) is 21.9 Å². The van der Waals surface area contributed by atoms with Crippen molar-refractivity contribution in [2.75, 3.05) is 5.32 Å². The SMILES string of the molecule is CCCC(CC(=O)O)n1c(=O)n(C(C)c2c[nH]c3cccc(C)c23)c2cc(NC(N)=O)ccc21. The van der Waals surface area contributed by atoms with Crippen molar-refractivity contribution in [3.63, 3.8) is 0 Å². The van der Waals surface area contributed by atoms with Gasteiger partial charge in [0.05, 0.1) is 23.5 Å². The van der Waals surface area contributed by atoms with E-state index in [1.165, 1.54) is 0 Å². The van der Waals surface area contributed by atoms with E-state index in [2.05, 4.69) is 10.3 Å². The number of carbonyl (C=O) groups is 2. The number of carboxylic acid groups (broad SMARTS) is 1. The summed E-state index contributed by atoms with van der Waals surface area (Å²) in [6.45, 7) is 5.93. The van der Waals surface area contributed by atoms with Crippen LogP contribution in [0, 0.1) is 6.92 Å². The van der Waals surface area contributed by atoms with Crippen molar-refractivity contribution in [3.8, 4) is 0 Å². The van der Waals surface area contributed by atoms with Crippen molar-refractivity contribution >= 4 is 39.6 Å². The lowest BCUT2D eigenvalue weighted by Gasteiger charge is -2.17. The van der Waals surface area contributed by atoms with E-state index < -0.39 is 18.0 Å². The third kappa shape index (κ3) is 4.05. The number of nitrogens with one attached hydrogen (secondary N) is 2. The molecule has 2 aromatic carbocycles. The highest BCUT2D eigenvalue weighted by Crippen LogP contribution is 2.33. The molecule has 0 saturated carbocycles. The van der Waals surface area contributed by atoms with Gasteiger partial charge in [-0.25, -0.2) is 9.59 Å². The van der Waals surface area contributed by atoms with Crippen LogP contribution >= 0.6 is 0 Å². The van der Waals surface area contributed by atoms with Gasteiger partial charge in [-0.15, -0.1) is 0 Å². The minimum atomic E-state index is -0.960. The van der Waals surface area contributed by atoms with Crippen molar-refractivity contribution in [1.29, 1.82) is 0 Å². The Morgan fingerprint density at radius 1 is 1.18 bits per heavy atom. The Labute approximate surface area is 196 Å². The lowest BCUT2D eigenvalue weighted by Crippen LogP contribution is -2.30. The van der Waals surface area contributed by atoms with Gasteiger partial charge in [0.1, 0.15) is 0 Å². The molecule has 5 N–H and O–H groups in total. The number of aromatic amines is 1. The van der Waals surface area contributed by atoms with Gasteiger partial charge in [0, 0.05) is 34.4 Å². The molecule has 2 heterocycles. The first-order valence-electron chi connectivity index (χ1n) is 11.3. The fourth-order valence-corrected chi connectivity index (χ4v) is 4.91. The zero-order valence-electron chi connectivity index (χ0n) is 19.5. The molecular formula is C25H29N5O4. The normalized spacial score (nSPS) is 13.3. The molecule has 2 aromatic heterocycles. The maximum Gasteiger partial charge on any atom is 0.329 e. The number of hydrogen-bond donors (Lipinski definition) is 4. The molecule has 0 saturated heterocycles. The third-order valence-corrected chi connectivity index (χ3v) is 6.35. The number of aromatic nitrogens is 3. The molecule has 0 aliphatic rings. The minimum absolute atomic E-state index is 0.158. The summed E-state index contributed by atoms with van der Waals surface area (Å²) in [6.07, 6.45) is 3.03. The Balaban J connectivity index is 1.99. The van der Waals surface area contributed by atoms with Crippen LogP contribution in [0.15, 0.2) is 47.4 Å². The predicted octanol–water partition coefficient (Wildman–Crippen LogP) is 4.51. The Morgan fingerprint density at radius 3 is 2.62 bits per heavy atom. The van der Waals surface area contributed by atoms with Crippen LogP contribution in [0.4, 0.5) is 10.5 Å². The number of primary amides is 1. The first kappa shape index (κ1) is 23.2. The summed E-state index contributed by atoms with van der Waals surface area (Å²) in [5.74, 6) is -0.960. The highest BCUT2D eigenvalue weighted by molar-refractivity contribution is 5.91. The maximum absolute atomic E-state index is 13.9. The topological polar surface area (TPSA) is 135 Å². The average Bonchev–Trinajstić information content (AvgIpc) is 3.31. The van der Waals surface area contributed by atoms with Gasteiger partial charge < -0.3 is 21.1 Å². The summed E-state index contributed by atoms with van der Waals surface area (Å²) >= 11 is 0. The Hall–Kier alpha value is -4.01. The molecule has 178 valence electrons. The largest absolute Gasteiger partial charge is 0.481 e. The van der Waals surface area contributed by atoms with Crippen LogP contribution < -0.4 is 16.7 Å². The molecular weight excluding hydrogens is 434 g/mol. The van der Waals surface area contributed by atoms with Gasteiger partial charge in [-0.05, 0) is 50.1 Å². The van der Waals surface area contributed by atoms with E-state index in [9.17, 15) is 19.5 Å². The number of urea groups is 1. The summed E-state index contributed by atoms with van der Waals surface area (Å²) in [5.41, 5.74) is 9.70. The van der Waals surface area contributed by atoms with Gasteiger partial charge in [0.2, 0.25) is 0 Å². The number of nitrogens with two attached hydrogens (primary N) is 1. The average molecular weight is 464 g/mol. The fraction of sp³-hybridized carbons (Fsp3) is 0.320. The van der Waals surface area contributed by atoms with Crippen molar-refractivity contribution in [1.82, 2.24) is 14.1 Å². The van der Waals surface area contributed by atoms with E-state index in [4.69, 9.17) is 5.73 Å². The van der Waals surface area contributed by atoms with E-state index in [1.54, 1.807) is 27.3 Å². The number of H-pyrrole nitrogens is 1. The van der Waals surface area contributed by atoms with Crippen LogP contribution in [-0.4, -0.2) is 31.2 Å². The van der Waals surface area contributed by atoms with Crippen LogP contribution in [0.3, 0.4) is 0 Å². The van der Waals surface area contributed by atoms with Gasteiger partial charge in [-0.3, -0.25) is 13.9 Å². The zero-order chi connectivity index (χ0) is 24.6. The number of nitrogens with zero attached hydrogens (tertiary/aromatic N) is 2. The first-order chi connectivity index (χ1) is 16.2. The number of amides is 2. The highest BCUT2D eigenvalue weighted by atomic mass is 16.4. The number of fused-ring (bicyclic) bond motifs is 2. The smallest absolute Gasteiger partial charge is 0.329 e. The van der Waals surface area contributed by atoms with Gasteiger partial charge in [-0.2, -0.15) is 0 Å². The standard InChI is InChI=1S/C25H29N5O4/c1-4-6-17(12-22(31)32)30-20-10-9-16(28-24(26)33)11-21(20)29(25(30)34)15(3)18-13-27-19-8-5-7-14(2)23(18)19/h5,7-11,13,15,17,27H,4,6,12H2,1-3H3,(H,31,32)(H3,26,28,33). The number of aryl methyl sites for hydroxylation is 1. The molecule has 0 aliphatic carbocycles. The number of carboxylic acids is 1. The second kappa shape index (κ2) is 9.09. The summed E-state index contributed by atoms with van der Waals surface area (Å²) in [4.78, 5) is 40.2. The maximum atomic E-state index is 13.9. The van der Waals surface area contributed by atoms with Crippen molar-refractivity contribution in [2.24, 2.45) is 5.73 Å². The lowest BCUT2D eigenvalue weighted by molar-refractivity contribution is -0.137.